The van der Waals surface area contributed by atoms with Crippen molar-refractivity contribution in [3.8, 4) is 17.2 Å². The van der Waals surface area contributed by atoms with Gasteiger partial charge in [0.05, 0.1) is 7.11 Å². The number of ether oxygens (including phenoxy) is 3. The lowest BCUT2D eigenvalue weighted by Gasteiger charge is -2.18. The van der Waals surface area contributed by atoms with Gasteiger partial charge in [-0.1, -0.05) is 18.2 Å². The molecule has 0 saturated heterocycles. The van der Waals surface area contributed by atoms with E-state index in [1.54, 1.807) is 25.2 Å². The summed E-state index contributed by atoms with van der Waals surface area (Å²) in [5.74, 6) is -0.0962. The minimum atomic E-state index is -4.47. The van der Waals surface area contributed by atoms with E-state index in [0.717, 1.165) is 0 Å². The molecule has 0 saturated carbocycles. The highest BCUT2D eigenvalue weighted by atomic mass is 19.4. The Morgan fingerprint density at radius 2 is 1.81 bits per heavy atom. The number of nitrogens with zero attached hydrogens (tertiary/aromatic N) is 1. The van der Waals surface area contributed by atoms with Gasteiger partial charge >= 0.3 is 12.8 Å². The van der Waals surface area contributed by atoms with Gasteiger partial charge in [0.2, 0.25) is 5.91 Å². The number of methoxy groups -OCH3 is 1. The molecule has 0 aromatic heterocycles. The maximum absolute atomic E-state index is 12.4. The Morgan fingerprint density at radius 3 is 2.45 bits per heavy atom. The van der Waals surface area contributed by atoms with Crippen LogP contribution in [0.3, 0.4) is 0 Å². The maximum Gasteiger partial charge on any atom is 0.422 e. The summed E-state index contributed by atoms with van der Waals surface area (Å²) in [6.07, 6.45) is -4.00. The van der Waals surface area contributed by atoms with Crippen molar-refractivity contribution in [3.63, 3.8) is 0 Å². The zero-order valence-electron chi connectivity index (χ0n) is 16.9. The third-order valence-corrected chi connectivity index (χ3v) is 4.22. The van der Waals surface area contributed by atoms with Gasteiger partial charge in [-0.25, -0.2) is 0 Å². The number of aryl methyl sites for hydroxylation is 1. The van der Waals surface area contributed by atoms with Crippen LogP contribution in [-0.4, -0.2) is 44.4 Å². The van der Waals surface area contributed by atoms with Gasteiger partial charge in [0, 0.05) is 20.0 Å². The Kier molecular flexibility index (Phi) is 8.47. The molecule has 0 radical (unpaired) electrons. The number of alkyl halides is 5. The van der Waals surface area contributed by atoms with Gasteiger partial charge in [-0.2, -0.15) is 22.0 Å². The Balaban J connectivity index is 1.92. The van der Waals surface area contributed by atoms with Crippen LogP contribution in [0, 0.1) is 0 Å². The van der Waals surface area contributed by atoms with E-state index in [-0.39, 0.29) is 36.1 Å². The normalized spacial score (nSPS) is 11.4. The van der Waals surface area contributed by atoms with E-state index >= 15 is 0 Å². The molecule has 0 aliphatic rings. The molecule has 2 aromatic rings. The second kappa shape index (κ2) is 10.8. The average molecular weight is 447 g/mol. The van der Waals surface area contributed by atoms with Crippen LogP contribution in [0.15, 0.2) is 42.5 Å². The highest BCUT2D eigenvalue weighted by molar-refractivity contribution is 5.76. The molecule has 10 heteroatoms. The highest BCUT2D eigenvalue weighted by Crippen LogP contribution is 2.30. The Bertz CT molecular complexity index is 873. The van der Waals surface area contributed by atoms with Crippen molar-refractivity contribution < 1.29 is 41.0 Å². The van der Waals surface area contributed by atoms with Crippen LogP contribution in [0.1, 0.15) is 17.5 Å². The summed E-state index contributed by atoms with van der Waals surface area (Å²) in [6.45, 7) is -4.17. The van der Waals surface area contributed by atoms with E-state index < -0.39 is 19.4 Å². The third kappa shape index (κ3) is 8.31. The highest BCUT2D eigenvalue weighted by Gasteiger charge is 2.29. The molecule has 0 unspecified atom stereocenters. The molecule has 170 valence electrons. The Morgan fingerprint density at radius 1 is 1.06 bits per heavy atom. The van der Waals surface area contributed by atoms with Gasteiger partial charge in [0.25, 0.3) is 0 Å². The molecule has 2 aromatic carbocycles. The molecule has 1 amide bonds. The largest absolute Gasteiger partial charge is 0.493 e. The van der Waals surface area contributed by atoms with Crippen molar-refractivity contribution in [1.29, 1.82) is 0 Å². The monoisotopic (exact) mass is 447 g/mol. The molecule has 0 N–H and O–H groups in total. The lowest BCUT2D eigenvalue weighted by Crippen LogP contribution is -2.26. The van der Waals surface area contributed by atoms with Crippen molar-refractivity contribution in [2.75, 3.05) is 20.8 Å². The summed E-state index contributed by atoms with van der Waals surface area (Å²) in [6, 6.07) is 10.5. The van der Waals surface area contributed by atoms with Crippen LogP contribution in [0.2, 0.25) is 0 Å². The van der Waals surface area contributed by atoms with Crippen molar-refractivity contribution in [2.45, 2.75) is 32.2 Å². The van der Waals surface area contributed by atoms with Crippen LogP contribution in [-0.2, 0) is 17.8 Å². The van der Waals surface area contributed by atoms with Crippen molar-refractivity contribution in [2.24, 2.45) is 0 Å². The van der Waals surface area contributed by atoms with E-state index in [2.05, 4.69) is 4.74 Å². The van der Waals surface area contributed by atoms with Crippen molar-refractivity contribution in [3.05, 3.63) is 53.6 Å². The first kappa shape index (κ1) is 24.2. The third-order valence-electron chi connectivity index (χ3n) is 4.22. The zero-order valence-corrected chi connectivity index (χ0v) is 16.9. The number of rotatable bonds is 10. The zero-order chi connectivity index (χ0) is 23.0. The van der Waals surface area contributed by atoms with Crippen molar-refractivity contribution >= 4 is 5.91 Å². The van der Waals surface area contributed by atoms with Gasteiger partial charge < -0.3 is 19.1 Å². The molecular formula is C21H22F5NO4. The van der Waals surface area contributed by atoms with Crippen LogP contribution in [0.25, 0.3) is 0 Å². The molecule has 31 heavy (non-hydrogen) atoms. The lowest BCUT2D eigenvalue weighted by atomic mass is 10.1. The fraction of sp³-hybridized carbons (Fsp3) is 0.381. The smallest absolute Gasteiger partial charge is 0.422 e. The molecule has 0 heterocycles. The Hall–Kier alpha value is -3.04. The fourth-order valence-electron chi connectivity index (χ4n) is 2.77. The molecule has 5 nitrogen and oxygen atoms in total. The average Bonchev–Trinajstić information content (AvgIpc) is 2.69. The molecule has 2 rings (SSSR count). The second-order valence-electron chi connectivity index (χ2n) is 6.66. The maximum atomic E-state index is 12.4. The Labute approximate surface area is 176 Å². The van der Waals surface area contributed by atoms with Crippen LogP contribution >= 0.6 is 0 Å². The first-order valence-corrected chi connectivity index (χ1v) is 9.21. The van der Waals surface area contributed by atoms with E-state index in [4.69, 9.17) is 9.47 Å². The van der Waals surface area contributed by atoms with Gasteiger partial charge in [-0.05, 0) is 41.8 Å². The summed E-state index contributed by atoms with van der Waals surface area (Å²) >= 11 is 0. The molecule has 0 atom stereocenters. The standard InChI is InChI=1S/C21H22F5NO4/c1-27(12-15-4-3-5-16(10-15)31-20(22)23)19(28)9-7-14-6-8-17(18(11-14)29-2)30-13-21(24,25)26/h3-6,8,10-11,20H,7,9,12-13H2,1-2H3. The van der Waals surface area contributed by atoms with Gasteiger partial charge in [-0.3, -0.25) is 4.79 Å². The minimum absolute atomic E-state index is 0.00766. The fourth-order valence-corrected chi connectivity index (χ4v) is 2.77. The molecule has 0 bridgehead atoms. The number of benzene rings is 2. The van der Waals surface area contributed by atoms with Crippen LogP contribution in [0.4, 0.5) is 22.0 Å². The lowest BCUT2D eigenvalue weighted by molar-refractivity contribution is -0.153. The molecule has 0 fully saturated rings. The van der Waals surface area contributed by atoms with E-state index in [1.165, 1.54) is 36.3 Å². The van der Waals surface area contributed by atoms with Gasteiger partial charge in [0.15, 0.2) is 18.1 Å². The summed E-state index contributed by atoms with van der Waals surface area (Å²) in [5, 5.41) is 0. The van der Waals surface area contributed by atoms with E-state index in [0.29, 0.717) is 17.5 Å². The minimum Gasteiger partial charge on any atom is -0.493 e. The number of carbonyl (C=O) groups is 1. The van der Waals surface area contributed by atoms with E-state index in [9.17, 15) is 26.7 Å². The SMILES string of the molecule is COc1cc(CCC(=O)N(C)Cc2cccc(OC(F)F)c2)ccc1OCC(F)(F)F. The van der Waals surface area contributed by atoms with Gasteiger partial charge in [-0.15, -0.1) is 0 Å². The molecule has 0 spiro atoms. The summed E-state index contributed by atoms with van der Waals surface area (Å²) < 4.78 is 75.8. The van der Waals surface area contributed by atoms with Crippen LogP contribution < -0.4 is 14.2 Å². The topological polar surface area (TPSA) is 48.0 Å². The quantitative estimate of drug-likeness (QED) is 0.490. The molecule has 0 aliphatic heterocycles. The van der Waals surface area contributed by atoms with Gasteiger partial charge in [0.1, 0.15) is 5.75 Å². The number of hydrogen-bond acceptors (Lipinski definition) is 4. The van der Waals surface area contributed by atoms with Crippen LogP contribution in [0.5, 0.6) is 17.2 Å². The number of halogens is 5. The second-order valence-corrected chi connectivity index (χ2v) is 6.66. The molecular weight excluding hydrogens is 425 g/mol. The van der Waals surface area contributed by atoms with E-state index in [1.807, 2.05) is 0 Å². The first-order valence-electron chi connectivity index (χ1n) is 9.21. The van der Waals surface area contributed by atoms with Crippen molar-refractivity contribution in [1.82, 2.24) is 4.90 Å². The first-order chi connectivity index (χ1) is 14.6. The summed E-state index contributed by atoms with van der Waals surface area (Å²) in [4.78, 5) is 13.9. The number of amides is 1. The summed E-state index contributed by atoms with van der Waals surface area (Å²) in [7, 11) is 2.89. The number of hydrogen-bond donors (Lipinski definition) is 0. The predicted molar refractivity (Wildman–Crippen MR) is 102 cm³/mol. The molecule has 0 aliphatic carbocycles. The predicted octanol–water partition coefficient (Wildman–Crippen LogP) is 4.83. The summed E-state index contributed by atoms with van der Waals surface area (Å²) in [5.41, 5.74) is 1.31. The number of carbonyl (C=O) groups excluding carboxylic acids is 1.